The molecule has 12 heteroatoms. The SMILES string of the molecule is Cc1cc(N2CCOCC2)c2cccc(OCc3c(Cl)ccc(NCC(=O)CNC(=O)C=Cc4ccc(C(=O)N(C)C)cc4)c3Cl)c2n1. The van der Waals surface area contributed by atoms with Crippen LogP contribution in [-0.4, -0.2) is 81.0 Å². The first-order valence-electron chi connectivity index (χ1n) is 15.5. The molecular weight excluding hydrogens is 653 g/mol. The van der Waals surface area contributed by atoms with Crippen molar-refractivity contribution in [3.63, 3.8) is 0 Å². The average molecular weight is 691 g/mol. The van der Waals surface area contributed by atoms with Crippen LogP contribution in [0.3, 0.4) is 0 Å². The van der Waals surface area contributed by atoms with E-state index in [0.717, 1.165) is 40.9 Å². The maximum Gasteiger partial charge on any atom is 0.253 e. The number of aryl methyl sites for hydroxylation is 1. The van der Waals surface area contributed by atoms with Crippen molar-refractivity contribution in [2.75, 3.05) is 63.7 Å². The number of carbonyl (C=O) groups is 3. The van der Waals surface area contributed by atoms with Gasteiger partial charge in [0.1, 0.15) is 17.9 Å². The topological polar surface area (TPSA) is 113 Å². The fraction of sp³-hybridized carbons (Fsp3) is 0.278. The van der Waals surface area contributed by atoms with Crippen LogP contribution >= 0.6 is 23.2 Å². The van der Waals surface area contributed by atoms with E-state index in [2.05, 4.69) is 21.6 Å². The maximum absolute atomic E-state index is 12.6. The van der Waals surface area contributed by atoms with Gasteiger partial charge in [0.15, 0.2) is 5.78 Å². The Morgan fingerprint density at radius 1 is 1.02 bits per heavy atom. The number of anilines is 2. The van der Waals surface area contributed by atoms with Gasteiger partial charge in [0.25, 0.3) is 5.91 Å². The summed E-state index contributed by atoms with van der Waals surface area (Å²) in [5.74, 6) is -0.171. The van der Waals surface area contributed by atoms with E-state index in [9.17, 15) is 14.4 Å². The van der Waals surface area contributed by atoms with Crippen LogP contribution in [0.25, 0.3) is 17.0 Å². The number of morpholine rings is 1. The number of rotatable bonds is 12. The van der Waals surface area contributed by atoms with Crippen LogP contribution in [0, 0.1) is 6.92 Å². The van der Waals surface area contributed by atoms with Crippen molar-refractivity contribution in [3.05, 3.63) is 99.2 Å². The average Bonchev–Trinajstić information content (AvgIpc) is 3.09. The van der Waals surface area contributed by atoms with Crippen LogP contribution in [0.4, 0.5) is 11.4 Å². The lowest BCUT2D eigenvalue weighted by Gasteiger charge is -2.30. The number of hydrogen-bond acceptors (Lipinski definition) is 8. The molecule has 2 N–H and O–H groups in total. The Bertz CT molecular complexity index is 1840. The maximum atomic E-state index is 12.6. The van der Waals surface area contributed by atoms with E-state index >= 15 is 0 Å². The highest BCUT2D eigenvalue weighted by molar-refractivity contribution is 6.37. The molecule has 0 bridgehead atoms. The Morgan fingerprint density at radius 2 is 1.77 bits per heavy atom. The summed E-state index contributed by atoms with van der Waals surface area (Å²) in [4.78, 5) is 45.5. The van der Waals surface area contributed by atoms with E-state index in [-0.39, 0.29) is 31.4 Å². The van der Waals surface area contributed by atoms with Crippen molar-refractivity contribution in [1.29, 1.82) is 0 Å². The summed E-state index contributed by atoms with van der Waals surface area (Å²) < 4.78 is 11.8. The molecule has 0 aliphatic carbocycles. The number of benzene rings is 3. The number of halogens is 2. The van der Waals surface area contributed by atoms with Crippen LogP contribution in [0.5, 0.6) is 5.75 Å². The minimum atomic E-state index is -0.420. The van der Waals surface area contributed by atoms with Crippen molar-refractivity contribution in [3.8, 4) is 5.75 Å². The van der Waals surface area contributed by atoms with Gasteiger partial charge < -0.3 is 29.9 Å². The summed E-state index contributed by atoms with van der Waals surface area (Å²) in [6.07, 6.45) is 2.94. The minimum absolute atomic E-state index is 0.0656. The van der Waals surface area contributed by atoms with Crippen LogP contribution < -0.4 is 20.3 Å². The van der Waals surface area contributed by atoms with Crippen LogP contribution in [-0.2, 0) is 20.9 Å². The molecule has 0 unspecified atom stereocenters. The standard InChI is InChI=1S/C36H37Cl2N5O5/c1-23-19-31(43-15-17-47-18-16-43)27-5-4-6-32(35(27)41-23)48-22-28-29(37)12-13-30(34(28)38)39-20-26(44)21-40-33(45)14-9-24-7-10-25(11-8-24)36(46)42(2)3/h4-14,19,39H,15-18,20-22H2,1-3H3,(H,40,45). The molecule has 5 rings (SSSR count). The molecule has 0 saturated carbocycles. The van der Waals surface area contributed by atoms with E-state index in [1.165, 1.54) is 11.0 Å². The van der Waals surface area contributed by atoms with Crippen LogP contribution in [0.1, 0.15) is 27.2 Å². The smallest absolute Gasteiger partial charge is 0.253 e. The first-order valence-corrected chi connectivity index (χ1v) is 16.2. The molecule has 250 valence electrons. The number of amides is 2. The highest BCUT2D eigenvalue weighted by Crippen LogP contribution is 2.36. The number of nitrogens with zero attached hydrogens (tertiary/aromatic N) is 3. The molecule has 3 aromatic carbocycles. The number of aromatic nitrogens is 1. The minimum Gasteiger partial charge on any atom is -0.487 e. The second kappa shape index (κ2) is 16.0. The molecule has 1 aliphatic rings. The number of para-hydroxylation sites is 1. The molecule has 1 aromatic heterocycles. The Labute approximate surface area is 289 Å². The summed E-state index contributed by atoms with van der Waals surface area (Å²) >= 11 is 13.3. The van der Waals surface area contributed by atoms with E-state index in [0.29, 0.717) is 45.8 Å². The fourth-order valence-electron chi connectivity index (χ4n) is 5.20. The van der Waals surface area contributed by atoms with Crippen molar-refractivity contribution >= 4 is 69.2 Å². The molecule has 10 nitrogen and oxygen atoms in total. The second-order valence-corrected chi connectivity index (χ2v) is 12.3. The van der Waals surface area contributed by atoms with Crippen LogP contribution in [0.2, 0.25) is 10.0 Å². The van der Waals surface area contributed by atoms with E-state index in [1.807, 2.05) is 25.1 Å². The number of fused-ring (bicyclic) bond motifs is 1. The zero-order valence-corrected chi connectivity index (χ0v) is 28.5. The van der Waals surface area contributed by atoms with Gasteiger partial charge >= 0.3 is 0 Å². The molecular formula is C36H37Cl2N5O5. The third-order valence-electron chi connectivity index (χ3n) is 7.75. The normalized spacial score (nSPS) is 13.1. The van der Waals surface area contributed by atoms with Gasteiger partial charge in [-0.15, -0.1) is 0 Å². The molecule has 0 atom stereocenters. The molecule has 0 radical (unpaired) electrons. The van der Waals surface area contributed by atoms with Gasteiger partial charge in [-0.25, -0.2) is 4.98 Å². The van der Waals surface area contributed by atoms with Crippen molar-refractivity contribution < 1.29 is 23.9 Å². The lowest BCUT2D eigenvalue weighted by Crippen LogP contribution is -2.36. The Kier molecular flexibility index (Phi) is 11.5. The largest absolute Gasteiger partial charge is 0.487 e. The Hall–Kier alpha value is -4.64. The number of pyridine rings is 1. The van der Waals surface area contributed by atoms with Gasteiger partial charge in [-0.05, 0) is 55.0 Å². The molecule has 0 spiro atoms. The first-order chi connectivity index (χ1) is 23.1. The third-order valence-corrected chi connectivity index (χ3v) is 8.53. The van der Waals surface area contributed by atoms with E-state index in [1.54, 1.807) is 56.6 Å². The number of ether oxygens (including phenoxy) is 2. The predicted octanol–water partition coefficient (Wildman–Crippen LogP) is 5.78. The monoisotopic (exact) mass is 689 g/mol. The zero-order chi connectivity index (χ0) is 34.2. The highest BCUT2D eigenvalue weighted by atomic mass is 35.5. The second-order valence-electron chi connectivity index (χ2n) is 11.5. The van der Waals surface area contributed by atoms with E-state index in [4.69, 9.17) is 37.7 Å². The Morgan fingerprint density at radius 3 is 2.50 bits per heavy atom. The Balaban J connectivity index is 1.17. The van der Waals surface area contributed by atoms with Crippen molar-refractivity contribution in [2.24, 2.45) is 0 Å². The van der Waals surface area contributed by atoms with Gasteiger partial charge in [-0.1, -0.05) is 47.5 Å². The number of Topliss-reactive ketones (excluding diaryl/α,β-unsaturated/α-hetero) is 1. The predicted molar refractivity (Wildman–Crippen MR) is 190 cm³/mol. The first kappa shape index (κ1) is 34.7. The van der Waals surface area contributed by atoms with Gasteiger partial charge in [0.2, 0.25) is 5.91 Å². The molecule has 1 aliphatic heterocycles. The number of nitrogens with one attached hydrogen (secondary N) is 2. The molecule has 2 amide bonds. The fourth-order valence-corrected chi connectivity index (χ4v) is 5.74. The quantitative estimate of drug-likeness (QED) is 0.180. The van der Waals surface area contributed by atoms with Gasteiger partial charge in [0, 0.05) is 66.2 Å². The van der Waals surface area contributed by atoms with E-state index < -0.39 is 5.91 Å². The van der Waals surface area contributed by atoms with Gasteiger partial charge in [-0.2, -0.15) is 0 Å². The lowest BCUT2D eigenvalue weighted by atomic mass is 10.1. The summed E-state index contributed by atoms with van der Waals surface area (Å²) in [5, 5.41) is 7.37. The molecule has 2 heterocycles. The molecule has 4 aromatic rings. The summed E-state index contributed by atoms with van der Waals surface area (Å²) in [5.41, 5.74) is 5.09. The number of ketones is 1. The molecule has 1 saturated heterocycles. The third kappa shape index (κ3) is 8.63. The summed E-state index contributed by atoms with van der Waals surface area (Å²) in [6.45, 7) is 4.77. The number of carbonyl (C=O) groups excluding carboxylic acids is 3. The highest BCUT2D eigenvalue weighted by Gasteiger charge is 2.18. The summed E-state index contributed by atoms with van der Waals surface area (Å²) in [7, 11) is 3.37. The van der Waals surface area contributed by atoms with Crippen molar-refractivity contribution in [1.82, 2.24) is 15.2 Å². The van der Waals surface area contributed by atoms with Gasteiger partial charge in [0.05, 0.1) is 37.0 Å². The van der Waals surface area contributed by atoms with Gasteiger partial charge in [-0.3, -0.25) is 14.4 Å². The van der Waals surface area contributed by atoms with Crippen molar-refractivity contribution in [2.45, 2.75) is 13.5 Å². The summed E-state index contributed by atoms with van der Waals surface area (Å²) in [6, 6.07) is 18.2. The molecule has 1 fully saturated rings. The van der Waals surface area contributed by atoms with Crippen LogP contribution in [0.15, 0.2) is 66.7 Å². The lowest BCUT2D eigenvalue weighted by molar-refractivity contribution is -0.121. The molecule has 48 heavy (non-hydrogen) atoms. The zero-order valence-electron chi connectivity index (χ0n) is 27.0. The number of hydrogen-bond donors (Lipinski definition) is 2.